The first-order chi connectivity index (χ1) is 14.5. The van der Waals surface area contributed by atoms with E-state index in [0.29, 0.717) is 11.4 Å². The summed E-state index contributed by atoms with van der Waals surface area (Å²) in [5, 5.41) is 15.0. The highest BCUT2D eigenvalue weighted by molar-refractivity contribution is 7.99. The second-order valence-corrected chi connectivity index (χ2v) is 7.87. The van der Waals surface area contributed by atoms with Crippen LogP contribution >= 0.6 is 11.8 Å². The van der Waals surface area contributed by atoms with E-state index in [-0.39, 0.29) is 17.6 Å². The lowest BCUT2D eigenvalue weighted by molar-refractivity contribution is -0.114. The maximum Gasteiger partial charge on any atom is 0.234 e. The van der Waals surface area contributed by atoms with Crippen LogP contribution in [0.15, 0.2) is 53.7 Å². The summed E-state index contributed by atoms with van der Waals surface area (Å²) in [5.41, 5.74) is 3.44. The molecule has 0 radical (unpaired) electrons. The van der Waals surface area contributed by atoms with Gasteiger partial charge in [0, 0.05) is 30.4 Å². The number of nitrogens with zero attached hydrogens (tertiary/aromatic N) is 3. The predicted molar refractivity (Wildman–Crippen MR) is 121 cm³/mol. The molecule has 1 aromatic heterocycles. The number of aryl methyl sites for hydroxylation is 1. The molecule has 30 heavy (non-hydrogen) atoms. The minimum atomic E-state index is -0.159. The molecule has 0 unspecified atom stereocenters. The maximum absolute atomic E-state index is 12.4. The number of amides is 2. The molecule has 0 aliphatic rings. The van der Waals surface area contributed by atoms with Crippen LogP contribution in [0.1, 0.15) is 25.8 Å². The molecule has 2 amide bonds. The highest BCUT2D eigenvalue weighted by Gasteiger charge is 2.15. The molecule has 0 fully saturated rings. The van der Waals surface area contributed by atoms with Crippen LogP contribution in [-0.2, 0) is 16.1 Å². The van der Waals surface area contributed by atoms with E-state index in [1.54, 1.807) is 24.3 Å². The molecule has 0 atom stereocenters. The minimum Gasteiger partial charge on any atom is -0.326 e. The first kappa shape index (κ1) is 21.6. The van der Waals surface area contributed by atoms with Crippen molar-refractivity contribution in [2.45, 2.75) is 38.9 Å². The Bertz CT molecular complexity index is 1050. The van der Waals surface area contributed by atoms with Crippen LogP contribution in [-0.4, -0.2) is 32.3 Å². The van der Waals surface area contributed by atoms with Gasteiger partial charge in [0.05, 0.1) is 5.75 Å². The third-order valence-electron chi connectivity index (χ3n) is 4.24. The zero-order valence-electron chi connectivity index (χ0n) is 17.3. The van der Waals surface area contributed by atoms with Gasteiger partial charge >= 0.3 is 0 Å². The van der Waals surface area contributed by atoms with Crippen molar-refractivity contribution >= 4 is 35.0 Å². The molecular formula is C22H25N5O2S. The summed E-state index contributed by atoms with van der Waals surface area (Å²) in [6.45, 7) is 6.37. The Balaban J connectivity index is 1.68. The van der Waals surface area contributed by atoms with Crippen molar-refractivity contribution in [3.8, 4) is 11.4 Å². The van der Waals surface area contributed by atoms with Crippen LogP contribution in [0.3, 0.4) is 0 Å². The summed E-state index contributed by atoms with van der Waals surface area (Å²) in [7, 11) is 0. The number of carbonyl (C=O) groups excluding carboxylic acids is 2. The van der Waals surface area contributed by atoms with Gasteiger partial charge in [0.2, 0.25) is 11.8 Å². The monoisotopic (exact) mass is 423 g/mol. The minimum absolute atomic E-state index is 0.150. The Morgan fingerprint density at radius 1 is 1.03 bits per heavy atom. The molecule has 0 aliphatic carbocycles. The van der Waals surface area contributed by atoms with Gasteiger partial charge in [-0.2, -0.15) is 0 Å². The molecular weight excluding hydrogens is 398 g/mol. The highest BCUT2D eigenvalue weighted by Crippen LogP contribution is 2.25. The predicted octanol–water partition coefficient (Wildman–Crippen LogP) is 4.35. The molecule has 3 aromatic rings. The summed E-state index contributed by atoms with van der Waals surface area (Å²) in [6.07, 6.45) is 0.937. The summed E-state index contributed by atoms with van der Waals surface area (Å²) in [5.74, 6) is 0.711. The fourth-order valence-electron chi connectivity index (χ4n) is 3.02. The average Bonchev–Trinajstić information content (AvgIpc) is 3.09. The zero-order valence-corrected chi connectivity index (χ0v) is 18.1. The van der Waals surface area contributed by atoms with E-state index in [4.69, 9.17) is 0 Å². The molecule has 1 heterocycles. The van der Waals surface area contributed by atoms with E-state index in [9.17, 15) is 9.59 Å². The van der Waals surface area contributed by atoms with Gasteiger partial charge in [0.15, 0.2) is 11.0 Å². The number of thioether (sulfide) groups is 1. The molecule has 156 valence electrons. The highest BCUT2D eigenvalue weighted by atomic mass is 32.2. The van der Waals surface area contributed by atoms with Gasteiger partial charge in [-0.1, -0.05) is 48.5 Å². The molecule has 0 bridgehead atoms. The number of hydrogen-bond acceptors (Lipinski definition) is 5. The largest absolute Gasteiger partial charge is 0.326 e. The molecule has 2 aromatic carbocycles. The number of carbonyl (C=O) groups is 2. The van der Waals surface area contributed by atoms with E-state index in [1.165, 1.54) is 18.7 Å². The van der Waals surface area contributed by atoms with E-state index >= 15 is 0 Å². The van der Waals surface area contributed by atoms with Crippen molar-refractivity contribution in [2.75, 3.05) is 16.4 Å². The van der Waals surface area contributed by atoms with E-state index in [2.05, 4.69) is 38.4 Å². The molecule has 0 spiro atoms. The van der Waals surface area contributed by atoms with Crippen molar-refractivity contribution < 1.29 is 9.59 Å². The Labute approximate surface area is 180 Å². The van der Waals surface area contributed by atoms with Crippen molar-refractivity contribution in [2.24, 2.45) is 0 Å². The second-order valence-electron chi connectivity index (χ2n) is 6.93. The van der Waals surface area contributed by atoms with E-state index in [1.807, 2.05) is 25.1 Å². The topological polar surface area (TPSA) is 88.9 Å². The quantitative estimate of drug-likeness (QED) is 0.526. The van der Waals surface area contributed by atoms with E-state index < -0.39 is 0 Å². The van der Waals surface area contributed by atoms with Crippen molar-refractivity contribution in [1.82, 2.24) is 14.8 Å². The SMILES string of the molecule is CCCn1c(SCC(=O)Nc2cccc(NC(C)=O)c2)nnc1-c1cccc(C)c1. The van der Waals surface area contributed by atoms with Gasteiger partial charge in [0.25, 0.3) is 0 Å². The van der Waals surface area contributed by atoms with Crippen molar-refractivity contribution in [3.05, 3.63) is 54.1 Å². The van der Waals surface area contributed by atoms with Crippen LogP contribution in [0.25, 0.3) is 11.4 Å². The average molecular weight is 424 g/mol. The summed E-state index contributed by atoms with van der Waals surface area (Å²) in [4.78, 5) is 23.6. The lowest BCUT2D eigenvalue weighted by Crippen LogP contribution is -2.15. The van der Waals surface area contributed by atoms with Crippen molar-refractivity contribution in [3.63, 3.8) is 0 Å². The summed E-state index contributed by atoms with van der Waals surface area (Å²) >= 11 is 1.36. The number of benzene rings is 2. The van der Waals surface area contributed by atoms with Gasteiger partial charge in [-0.3, -0.25) is 9.59 Å². The lowest BCUT2D eigenvalue weighted by atomic mass is 10.1. The van der Waals surface area contributed by atoms with Gasteiger partial charge in [-0.25, -0.2) is 0 Å². The molecule has 2 N–H and O–H groups in total. The van der Waals surface area contributed by atoms with Crippen molar-refractivity contribution in [1.29, 1.82) is 0 Å². The van der Waals surface area contributed by atoms with Crippen LogP contribution in [0.5, 0.6) is 0 Å². The van der Waals surface area contributed by atoms with Crippen LogP contribution < -0.4 is 10.6 Å². The molecule has 0 aliphatic heterocycles. The van der Waals surface area contributed by atoms with E-state index in [0.717, 1.165) is 35.1 Å². The van der Waals surface area contributed by atoms with Gasteiger partial charge in [-0.15, -0.1) is 10.2 Å². The second kappa shape index (κ2) is 10.1. The first-order valence-electron chi connectivity index (χ1n) is 9.77. The molecule has 8 heteroatoms. The maximum atomic E-state index is 12.4. The smallest absolute Gasteiger partial charge is 0.234 e. The first-order valence-corrected chi connectivity index (χ1v) is 10.8. The summed E-state index contributed by atoms with van der Waals surface area (Å²) in [6, 6.07) is 15.2. The number of nitrogens with one attached hydrogen (secondary N) is 2. The van der Waals surface area contributed by atoms with Crippen LogP contribution in [0.2, 0.25) is 0 Å². The molecule has 7 nitrogen and oxygen atoms in total. The van der Waals surface area contributed by atoms with Crippen LogP contribution in [0, 0.1) is 6.92 Å². The summed E-state index contributed by atoms with van der Waals surface area (Å²) < 4.78 is 2.06. The number of aromatic nitrogens is 3. The van der Waals surface area contributed by atoms with Gasteiger partial charge in [0.1, 0.15) is 0 Å². The number of rotatable bonds is 8. The lowest BCUT2D eigenvalue weighted by Gasteiger charge is -2.10. The molecule has 3 rings (SSSR count). The Morgan fingerprint density at radius 2 is 1.77 bits per heavy atom. The Kier molecular flexibility index (Phi) is 7.24. The standard InChI is InChI=1S/C22H25N5O2S/c1-4-11-27-21(17-8-5-7-15(2)12-17)25-26-22(27)30-14-20(29)24-19-10-6-9-18(13-19)23-16(3)28/h5-10,12-13H,4,11,14H2,1-3H3,(H,23,28)(H,24,29). The Hall–Kier alpha value is -3.13. The van der Waals surface area contributed by atoms with Crippen LogP contribution in [0.4, 0.5) is 11.4 Å². The third-order valence-corrected chi connectivity index (χ3v) is 5.21. The molecule has 0 saturated carbocycles. The van der Waals surface area contributed by atoms with Gasteiger partial charge in [-0.05, 0) is 37.6 Å². The number of hydrogen-bond donors (Lipinski definition) is 2. The molecule has 0 saturated heterocycles. The fourth-order valence-corrected chi connectivity index (χ4v) is 3.79. The number of anilines is 2. The normalized spacial score (nSPS) is 10.6. The Morgan fingerprint density at radius 3 is 2.47 bits per heavy atom. The zero-order chi connectivity index (χ0) is 21.5. The fraction of sp³-hybridized carbons (Fsp3) is 0.273. The van der Waals surface area contributed by atoms with Gasteiger partial charge < -0.3 is 15.2 Å². The third kappa shape index (κ3) is 5.70.